The van der Waals surface area contributed by atoms with Crippen LogP contribution in [0.4, 0.5) is 0 Å². The average Bonchev–Trinajstić information content (AvgIpc) is 2.54. The van der Waals surface area contributed by atoms with E-state index in [-0.39, 0.29) is 5.56 Å². The van der Waals surface area contributed by atoms with Gasteiger partial charge in [0, 0.05) is 18.1 Å². The standard InChI is InChI=1S/C8H8N2OS/c9-3-5-4-10-8(11)7-6(5)1-2-12-7/h1-2,4H,3,9H2,(H,10,11). The highest BCUT2D eigenvalue weighted by Crippen LogP contribution is 2.19. The summed E-state index contributed by atoms with van der Waals surface area (Å²) in [7, 11) is 0. The maximum atomic E-state index is 11.2. The van der Waals surface area contributed by atoms with Crippen molar-refractivity contribution in [3.05, 3.63) is 33.6 Å². The van der Waals surface area contributed by atoms with E-state index in [1.165, 1.54) is 11.3 Å². The molecule has 0 spiro atoms. The first kappa shape index (κ1) is 7.52. The molecule has 0 atom stereocenters. The molecule has 4 heteroatoms. The fraction of sp³-hybridized carbons (Fsp3) is 0.125. The molecule has 2 aromatic rings. The Morgan fingerprint density at radius 2 is 2.42 bits per heavy atom. The highest BCUT2D eigenvalue weighted by molar-refractivity contribution is 7.17. The van der Waals surface area contributed by atoms with E-state index < -0.39 is 0 Å². The molecule has 0 amide bonds. The second-order valence-electron chi connectivity index (χ2n) is 2.51. The summed E-state index contributed by atoms with van der Waals surface area (Å²) in [6.45, 7) is 0.462. The van der Waals surface area contributed by atoms with Gasteiger partial charge in [-0.3, -0.25) is 4.79 Å². The van der Waals surface area contributed by atoms with Gasteiger partial charge < -0.3 is 10.7 Å². The third-order valence-electron chi connectivity index (χ3n) is 1.81. The summed E-state index contributed by atoms with van der Waals surface area (Å²) in [5.74, 6) is 0. The fourth-order valence-corrected chi connectivity index (χ4v) is 2.04. The van der Waals surface area contributed by atoms with Crippen LogP contribution in [0.5, 0.6) is 0 Å². The number of thiophene rings is 1. The van der Waals surface area contributed by atoms with Crippen molar-refractivity contribution in [2.45, 2.75) is 6.54 Å². The van der Waals surface area contributed by atoms with E-state index in [2.05, 4.69) is 4.98 Å². The lowest BCUT2D eigenvalue weighted by Gasteiger charge is -1.96. The number of hydrogen-bond donors (Lipinski definition) is 2. The maximum absolute atomic E-state index is 11.2. The molecule has 0 bridgehead atoms. The van der Waals surface area contributed by atoms with Crippen molar-refractivity contribution in [2.24, 2.45) is 5.73 Å². The van der Waals surface area contributed by atoms with E-state index in [0.29, 0.717) is 6.54 Å². The number of pyridine rings is 1. The van der Waals surface area contributed by atoms with Crippen LogP contribution in [-0.4, -0.2) is 4.98 Å². The van der Waals surface area contributed by atoms with Crippen LogP contribution in [0.15, 0.2) is 22.4 Å². The SMILES string of the molecule is NCc1c[nH]c(=O)c2sccc12. The Kier molecular flexibility index (Phi) is 1.71. The van der Waals surface area contributed by atoms with Crippen molar-refractivity contribution in [3.63, 3.8) is 0 Å². The number of H-pyrrole nitrogens is 1. The summed E-state index contributed by atoms with van der Waals surface area (Å²) in [6.07, 6.45) is 1.68. The molecule has 0 radical (unpaired) electrons. The van der Waals surface area contributed by atoms with Crippen molar-refractivity contribution in [1.29, 1.82) is 0 Å². The van der Waals surface area contributed by atoms with Crippen molar-refractivity contribution in [2.75, 3.05) is 0 Å². The molecular weight excluding hydrogens is 172 g/mol. The van der Waals surface area contributed by atoms with Crippen LogP contribution in [0.1, 0.15) is 5.56 Å². The molecule has 3 N–H and O–H groups in total. The second-order valence-corrected chi connectivity index (χ2v) is 3.43. The molecule has 0 saturated heterocycles. The fourth-order valence-electron chi connectivity index (χ4n) is 1.20. The zero-order valence-corrected chi connectivity index (χ0v) is 7.15. The van der Waals surface area contributed by atoms with E-state index >= 15 is 0 Å². The Hall–Kier alpha value is -1.13. The Morgan fingerprint density at radius 3 is 3.17 bits per heavy atom. The first-order valence-corrected chi connectivity index (χ1v) is 4.48. The van der Waals surface area contributed by atoms with Gasteiger partial charge in [-0.1, -0.05) is 0 Å². The molecule has 2 rings (SSSR count). The van der Waals surface area contributed by atoms with Crippen LogP contribution in [0.3, 0.4) is 0 Å². The summed E-state index contributed by atoms with van der Waals surface area (Å²) in [6, 6.07) is 1.93. The van der Waals surface area contributed by atoms with Crippen molar-refractivity contribution < 1.29 is 0 Å². The molecule has 0 aliphatic carbocycles. The summed E-state index contributed by atoms with van der Waals surface area (Å²) in [4.78, 5) is 13.9. The number of nitrogens with one attached hydrogen (secondary N) is 1. The molecule has 0 aliphatic heterocycles. The molecule has 0 unspecified atom stereocenters. The summed E-state index contributed by atoms with van der Waals surface area (Å²) in [5, 5.41) is 2.88. The second kappa shape index (κ2) is 2.73. The molecule has 0 fully saturated rings. The Bertz CT molecular complexity index is 457. The van der Waals surface area contributed by atoms with Crippen LogP contribution >= 0.6 is 11.3 Å². The van der Waals surface area contributed by atoms with Gasteiger partial charge in [0.25, 0.3) is 5.56 Å². The van der Waals surface area contributed by atoms with Crippen LogP contribution in [0.25, 0.3) is 10.1 Å². The minimum atomic E-state index is -0.0304. The summed E-state index contributed by atoms with van der Waals surface area (Å²) < 4.78 is 0.762. The normalized spacial score (nSPS) is 10.8. The lowest BCUT2D eigenvalue weighted by molar-refractivity contribution is 1.06. The van der Waals surface area contributed by atoms with Crippen LogP contribution < -0.4 is 11.3 Å². The highest BCUT2D eigenvalue weighted by Gasteiger charge is 2.03. The molecule has 0 saturated carbocycles. The summed E-state index contributed by atoms with van der Waals surface area (Å²) >= 11 is 1.44. The zero-order valence-electron chi connectivity index (χ0n) is 6.33. The maximum Gasteiger partial charge on any atom is 0.265 e. The number of nitrogens with two attached hydrogens (primary N) is 1. The lowest BCUT2D eigenvalue weighted by atomic mass is 10.2. The monoisotopic (exact) mass is 180 g/mol. The Balaban J connectivity index is 2.92. The molecule has 2 heterocycles. The van der Waals surface area contributed by atoms with Gasteiger partial charge in [-0.2, -0.15) is 0 Å². The van der Waals surface area contributed by atoms with Crippen LogP contribution in [0, 0.1) is 0 Å². The number of hydrogen-bond acceptors (Lipinski definition) is 3. The van der Waals surface area contributed by atoms with Gasteiger partial charge in [-0.25, -0.2) is 0 Å². The smallest absolute Gasteiger partial charge is 0.265 e. The van der Waals surface area contributed by atoms with Gasteiger partial charge >= 0.3 is 0 Å². The quantitative estimate of drug-likeness (QED) is 0.689. The predicted octanol–water partition coefficient (Wildman–Crippen LogP) is 1.05. The van der Waals surface area contributed by atoms with E-state index in [1.54, 1.807) is 6.20 Å². The molecule has 62 valence electrons. The highest BCUT2D eigenvalue weighted by atomic mass is 32.1. The third-order valence-corrected chi connectivity index (χ3v) is 2.73. The Morgan fingerprint density at radius 1 is 1.58 bits per heavy atom. The molecule has 12 heavy (non-hydrogen) atoms. The molecular formula is C8H8N2OS. The van der Waals surface area contributed by atoms with Gasteiger partial charge in [0.15, 0.2) is 0 Å². The average molecular weight is 180 g/mol. The molecule has 0 aliphatic rings. The molecule has 2 aromatic heterocycles. The van der Waals surface area contributed by atoms with Gasteiger partial charge in [0.05, 0.1) is 4.70 Å². The van der Waals surface area contributed by atoms with Crippen molar-refractivity contribution in [1.82, 2.24) is 4.98 Å². The number of fused-ring (bicyclic) bond motifs is 1. The number of aromatic amines is 1. The molecule has 0 aromatic carbocycles. The minimum Gasteiger partial charge on any atom is -0.328 e. The van der Waals surface area contributed by atoms with E-state index in [0.717, 1.165) is 15.6 Å². The molecule has 3 nitrogen and oxygen atoms in total. The topological polar surface area (TPSA) is 58.9 Å². The van der Waals surface area contributed by atoms with E-state index in [1.807, 2.05) is 11.4 Å². The first-order valence-electron chi connectivity index (χ1n) is 3.61. The van der Waals surface area contributed by atoms with Gasteiger partial charge in [0.2, 0.25) is 0 Å². The largest absolute Gasteiger partial charge is 0.328 e. The zero-order chi connectivity index (χ0) is 8.55. The lowest BCUT2D eigenvalue weighted by Crippen LogP contribution is -2.07. The van der Waals surface area contributed by atoms with E-state index in [4.69, 9.17) is 5.73 Å². The Labute approximate surface area is 72.8 Å². The summed E-state index contributed by atoms with van der Waals surface area (Å²) in [5.41, 5.74) is 6.47. The number of rotatable bonds is 1. The van der Waals surface area contributed by atoms with Gasteiger partial charge in [-0.05, 0) is 17.0 Å². The van der Waals surface area contributed by atoms with Crippen molar-refractivity contribution >= 4 is 21.4 Å². The predicted molar refractivity (Wildman–Crippen MR) is 50.3 cm³/mol. The van der Waals surface area contributed by atoms with Gasteiger partial charge in [0.1, 0.15) is 0 Å². The third kappa shape index (κ3) is 0.964. The van der Waals surface area contributed by atoms with Crippen LogP contribution in [-0.2, 0) is 6.54 Å². The first-order chi connectivity index (χ1) is 5.83. The van der Waals surface area contributed by atoms with Crippen LogP contribution in [0.2, 0.25) is 0 Å². The minimum absolute atomic E-state index is 0.0304. The van der Waals surface area contributed by atoms with Crippen molar-refractivity contribution in [3.8, 4) is 0 Å². The van der Waals surface area contributed by atoms with E-state index in [9.17, 15) is 4.79 Å². The van der Waals surface area contributed by atoms with Gasteiger partial charge in [-0.15, -0.1) is 11.3 Å². The number of aromatic nitrogens is 1.